The standard InChI is InChI=1S/C9H16N2O2/c12-8-6-10-4-3-7(8)11-5-1-2-9(11)13/h7-8,10,12H,1-6H2/t7-,8-/m1/s1. The van der Waals surface area contributed by atoms with Crippen LogP contribution in [0.5, 0.6) is 0 Å². The topological polar surface area (TPSA) is 52.6 Å². The SMILES string of the molecule is O=C1CCCN1[C@@H]1CCNC[C@H]1O. The predicted molar refractivity (Wildman–Crippen MR) is 48.2 cm³/mol. The summed E-state index contributed by atoms with van der Waals surface area (Å²) in [6.07, 6.45) is 2.12. The molecule has 0 aromatic heterocycles. The number of aliphatic hydroxyl groups excluding tert-OH is 1. The maximum atomic E-state index is 11.4. The second-order valence-electron chi connectivity index (χ2n) is 3.82. The Labute approximate surface area is 77.9 Å². The fourth-order valence-electron chi connectivity index (χ4n) is 2.21. The Morgan fingerprint density at radius 2 is 2.38 bits per heavy atom. The minimum Gasteiger partial charge on any atom is -0.390 e. The van der Waals surface area contributed by atoms with Crippen LogP contribution < -0.4 is 5.32 Å². The van der Waals surface area contributed by atoms with Gasteiger partial charge in [0.05, 0.1) is 12.1 Å². The molecule has 1 amide bonds. The first-order chi connectivity index (χ1) is 6.29. The van der Waals surface area contributed by atoms with Gasteiger partial charge >= 0.3 is 0 Å². The highest BCUT2D eigenvalue weighted by Gasteiger charge is 2.33. The average molecular weight is 184 g/mol. The van der Waals surface area contributed by atoms with Crippen LogP contribution in [0.4, 0.5) is 0 Å². The molecular formula is C9H16N2O2. The van der Waals surface area contributed by atoms with Crippen LogP contribution in [0.3, 0.4) is 0 Å². The summed E-state index contributed by atoms with van der Waals surface area (Å²) in [7, 11) is 0. The molecule has 2 aliphatic rings. The molecular weight excluding hydrogens is 168 g/mol. The van der Waals surface area contributed by atoms with Crippen molar-refractivity contribution in [2.24, 2.45) is 0 Å². The van der Waals surface area contributed by atoms with E-state index in [-0.39, 0.29) is 18.1 Å². The summed E-state index contributed by atoms with van der Waals surface area (Å²) in [6, 6.07) is 0.0660. The molecule has 0 aromatic carbocycles. The van der Waals surface area contributed by atoms with Crippen molar-refractivity contribution in [1.29, 1.82) is 0 Å². The van der Waals surface area contributed by atoms with Crippen LogP contribution >= 0.6 is 0 Å². The molecule has 0 radical (unpaired) electrons. The number of piperidine rings is 1. The van der Waals surface area contributed by atoms with Crippen LogP contribution in [0.2, 0.25) is 0 Å². The van der Waals surface area contributed by atoms with Crippen molar-refractivity contribution in [3.8, 4) is 0 Å². The number of nitrogens with zero attached hydrogens (tertiary/aromatic N) is 1. The van der Waals surface area contributed by atoms with E-state index in [1.54, 1.807) is 0 Å². The smallest absolute Gasteiger partial charge is 0.222 e. The lowest BCUT2D eigenvalue weighted by atomic mass is 10.0. The Hall–Kier alpha value is -0.610. The number of amides is 1. The molecule has 4 heteroatoms. The lowest BCUT2D eigenvalue weighted by Crippen LogP contribution is -2.53. The monoisotopic (exact) mass is 184 g/mol. The quantitative estimate of drug-likeness (QED) is 0.568. The Balaban J connectivity index is 2.01. The Morgan fingerprint density at radius 1 is 1.54 bits per heavy atom. The van der Waals surface area contributed by atoms with Crippen molar-refractivity contribution in [1.82, 2.24) is 10.2 Å². The maximum Gasteiger partial charge on any atom is 0.222 e. The fraction of sp³-hybridized carbons (Fsp3) is 0.889. The van der Waals surface area contributed by atoms with Gasteiger partial charge in [-0.25, -0.2) is 0 Å². The van der Waals surface area contributed by atoms with Crippen LogP contribution in [-0.2, 0) is 4.79 Å². The lowest BCUT2D eigenvalue weighted by molar-refractivity contribution is -0.132. The van der Waals surface area contributed by atoms with Crippen LogP contribution in [0.15, 0.2) is 0 Å². The van der Waals surface area contributed by atoms with Gasteiger partial charge in [-0.3, -0.25) is 4.79 Å². The van der Waals surface area contributed by atoms with Crippen molar-refractivity contribution >= 4 is 5.91 Å². The molecule has 2 heterocycles. The highest BCUT2D eigenvalue weighted by molar-refractivity contribution is 5.78. The van der Waals surface area contributed by atoms with E-state index in [1.807, 2.05) is 4.90 Å². The van der Waals surface area contributed by atoms with Crippen LogP contribution in [0.25, 0.3) is 0 Å². The van der Waals surface area contributed by atoms with E-state index in [2.05, 4.69) is 5.32 Å². The van der Waals surface area contributed by atoms with Gasteiger partial charge in [-0.05, 0) is 19.4 Å². The molecule has 4 nitrogen and oxygen atoms in total. The minimum atomic E-state index is -0.379. The minimum absolute atomic E-state index is 0.0660. The highest BCUT2D eigenvalue weighted by atomic mass is 16.3. The molecule has 2 fully saturated rings. The van der Waals surface area contributed by atoms with Crippen molar-refractivity contribution in [3.63, 3.8) is 0 Å². The summed E-state index contributed by atoms with van der Waals surface area (Å²) in [5.41, 5.74) is 0. The van der Waals surface area contributed by atoms with E-state index in [9.17, 15) is 9.90 Å². The van der Waals surface area contributed by atoms with Gasteiger partial charge in [0.1, 0.15) is 0 Å². The second-order valence-corrected chi connectivity index (χ2v) is 3.82. The summed E-state index contributed by atoms with van der Waals surface area (Å²) in [5.74, 6) is 0.214. The zero-order chi connectivity index (χ0) is 9.26. The summed E-state index contributed by atoms with van der Waals surface area (Å²) in [4.78, 5) is 13.3. The molecule has 0 aliphatic carbocycles. The second kappa shape index (κ2) is 3.64. The number of rotatable bonds is 1. The summed E-state index contributed by atoms with van der Waals surface area (Å²) in [5, 5.41) is 12.8. The molecule has 74 valence electrons. The molecule has 0 bridgehead atoms. The van der Waals surface area contributed by atoms with Crippen molar-refractivity contribution in [2.45, 2.75) is 31.4 Å². The predicted octanol–water partition coefficient (Wildman–Crippen LogP) is -0.668. The average Bonchev–Trinajstić information content (AvgIpc) is 2.52. The molecule has 2 aliphatic heterocycles. The summed E-state index contributed by atoms with van der Waals surface area (Å²) < 4.78 is 0. The highest BCUT2D eigenvalue weighted by Crippen LogP contribution is 2.19. The van der Waals surface area contributed by atoms with E-state index >= 15 is 0 Å². The molecule has 0 saturated carbocycles. The Kier molecular flexibility index (Phi) is 2.51. The molecule has 0 aromatic rings. The van der Waals surface area contributed by atoms with Gasteiger partial charge in [0, 0.05) is 19.5 Å². The first-order valence-electron chi connectivity index (χ1n) is 4.97. The molecule has 2 rings (SSSR count). The van der Waals surface area contributed by atoms with Gasteiger partial charge in [0.25, 0.3) is 0 Å². The number of hydrogen-bond acceptors (Lipinski definition) is 3. The van der Waals surface area contributed by atoms with Crippen molar-refractivity contribution in [2.75, 3.05) is 19.6 Å². The van der Waals surface area contributed by atoms with Gasteiger partial charge in [-0.2, -0.15) is 0 Å². The Morgan fingerprint density at radius 3 is 3.00 bits per heavy atom. The number of carbonyl (C=O) groups is 1. The van der Waals surface area contributed by atoms with Crippen LogP contribution in [0.1, 0.15) is 19.3 Å². The summed E-state index contributed by atoms with van der Waals surface area (Å²) >= 11 is 0. The number of nitrogens with one attached hydrogen (secondary N) is 1. The zero-order valence-corrected chi connectivity index (χ0v) is 7.70. The number of carbonyl (C=O) groups excluding carboxylic acids is 1. The van der Waals surface area contributed by atoms with Gasteiger partial charge in [0.2, 0.25) is 5.91 Å². The first kappa shape index (κ1) is 8.97. The summed E-state index contributed by atoms with van der Waals surface area (Å²) in [6.45, 7) is 2.36. The van der Waals surface area contributed by atoms with Crippen LogP contribution in [-0.4, -0.2) is 47.7 Å². The largest absolute Gasteiger partial charge is 0.390 e. The maximum absolute atomic E-state index is 11.4. The normalized spacial score (nSPS) is 35.5. The number of hydrogen-bond donors (Lipinski definition) is 2. The van der Waals surface area contributed by atoms with Crippen molar-refractivity contribution < 1.29 is 9.90 Å². The third-order valence-corrected chi connectivity index (χ3v) is 2.92. The fourth-order valence-corrected chi connectivity index (χ4v) is 2.21. The number of β-amino-alcohol motifs (C(OH)–C–C–N with tert-alkyl or cyclic N) is 1. The van der Waals surface area contributed by atoms with Crippen molar-refractivity contribution in [3.05, 3.63) is 0 Å². The van der Waals surface area contributed by atoms with Gasteiger partial charge < -0.3 is 15.3 Å². The molecule has 13 heavy (non-hydrogen) atoms. The van der Waals surface area contributed by atoms with Gasteiger partial charge in [-0.15, -0.1) is 0 Å². The van der Waals surface area contributed by atoms with E-state index in [4.69, 9.17) is 0 Å². The van der Waals surface area contributed by atoms with E-state index < -0.39 is 0 Å². The first-order valence-corrected chi connectivity index (χ1v) is 4.97. The van der Waals surface area contributed by atoms with Gasteiger partial charge in [-0.1, -0.05) is 0 Å². The Bertz CT molecular complexity index is 208. The van der Waals surface area contributed by atoms with Gasteiger partial charge in [0.15, 0.2) is 0 Å². The third kappa shape index (κ3) is 1.69. The van der Waals surface area contributed by atoms with E-state index in [1.165, 1.54) is 0 Å². The molecule has 0 unspecified atom stereocenters. The molecule has 2 atom stereocenters. The molecule has 2 saturated heterocycles. The molecule has 2 N–H and O–H groups in total. The number of aliphatic hydroxyl groups is 1. The number of likely N-dealkylation sites (tertiary alicyclic amines) is 1. The zero-order valence-electron chi connectivity index (χ0n) is 7.70. The van der Waals surface area contributed by atoms with E-state index in [0.717, 1.165) is 25.9 Å². The third-order valence-electron chi connectivity index (χ3n) is 2.92. The van der Waals surface area contributed by atoms with Crippen LogP contribution in [0, 0.1) is 0 Å². The van der Waals surface area contributed by atoms with E-state index in [0.29, 0.717) is 13.0 Å². The lowest BCUT2D eigenvalue weighted by Gasteiger charge is -2.35. The molecule has 0 spiro atoms.